The Morgan fingerprint density at radius 3 is 2.90 bits per heavy atom. The second kappa shape index (κ2) is 8.37. The van der Waals surface area contributed by atoms with Gasteiger partial charge < -0.3 is 10.2 Å². The van der Waals surface area contributed by atoms with Crippen LogP contribution < -0.4 is 15.8 Å². The normalized spacial score (nSPS) is 17.1. The van der Waals surface area contributed by atoms with E-state index in [2.05, 4.69) is 24.1 Å². The maximum Gasteiger partial charge on any atom is 0.270 e. The number of thiophene rings is 1. The number of hydrogen-bond donors (Lipinski definition) is 2. The highest BCUT2D eigenvalue weighted by molar-refractivity contribution is 7.17. The first-order chi connectivity index (χ1) is 14.0. The Hall–Kier alpha value is -2.67. The molecule has 1 aromatic carbocycles. The van der Waals surface area contributed by atoms with E-state index >= 15 is 0 Å². The number of amides is 1. The first-order valence-electron chi connectivity index (χ1n) is 10.1. The summed E-state index contributed by atoms with van der Waals surface area (Å²) in [5, 5.41) is 5.03. The fourth-order valence-electron chi connectivity index (χ4n) is 3.72. The van der Waals surface area contributed by atoms with E-state index in [9.17, 15) is 9.59 Å². The number of H-pyrrole nitrogens is 1. The molecule has 0 spiro atoms. The van der Waals surface area contributed by atoms with Gasteiger partial charge in [-0.05, 0) is 24.3 Å². The van der Waals surface area contributed by atoms with Crippen LogP contribution in [0.1, 0.15) is 26.7 Å². The second-order valence-electron chi connectivity index (χ2n) is 8.01. The van der Waals surface area contributed by atoms with Crippen molar-refractivity contribution in [3.05, 3.63) is 46.1 Å². The average Bonchev–Trinajstić information content (AvgIpc) is 3.17. The Labute approximate surface area is 174 Å². The van der Waals surface area contributed by atoms with Crippen molar-refractivity contribution in [3.63, 3.8) is 0 Å². The van der Waals surface area contributed by atoms with Gasteiger partial charge in [0.05, 0.1) is 11.4 Å². The van der Waals surface area contributed by atoms with E-state index in [1.807, 2.05) is 40.6 Å². The predicted molar refractivity (Wildman–Crippen MR) is 118 cm³/mol. The third kappa shape index (κ3) is 4.19. The van der Waals surface area contributed by atoms with Gasteiger partial charge in [-0.15, -0.1) is 11.3 Å². The van der Waals surface area contributed by atoms with Crippen molar-refractivity contribution in [2.45, 2.75) is 26.7 Å². The number of nitrogens with one attached hydrogen (secondary N) is 2. The molecule has 0 aliphatic carbocycles. The van der Waals surface area contributed by atoms with Crippen LogP contribution in [0.2, 0.25) is 0 Å². The standard InChI is InChI=1S/C22H26N4O2S/c1-14(2)11-23-20(27)16-9-6-10-26(12-16)22-24-18-17(15-7-4-3-5-8-15)13-29-19(18)21(28)25-22/h3-5,7-8,13-14,16H,6,9-12H2,1-2H3,(H,23,27)(H,24,25,28). The molecule has 2 N–H and O–H groups in total. The molecule has 1 fully saturated rings. The Bertz CT molecular complexity index is 1060. The van der Waals surface area contributed by atoms with E-state index in [-0.39, 0.29) is 17.4 Å². The van der Waals surface area contributed by atoms with Gasteiger partial charge in [0.1, 0.15) is 4.70 Å². The van der Waals surface area contributed by atoms with E-state index in [0.717, 1.165) is 36.0 Å². The fourth-order valence-corrected chi connectivity index (χ4v) is 4.63. The summed E-state index contributed by atoms with van der Waals surface area (Å²) in [5.74, 6) is 0.986. The van der Waals surface area contributed by atoms with Gasteiger partial charge in [0.25, 0.3) is 5.56 Å². The number of carbonyl (C=O) groups is 1. The number of aromatic nitrogens is 2. The van der Waals surface area contributed by atoms with Crippen LogP contribution in [0, 0.1) is 11.8 Å². The van der Waals surface area contributed by atoms with Crippen LogP contribution in [-0.2, 0) is 4.79 Å². The minimum Gasteiger partial charge on any atom is -0.356 e. The molecule has 1 amide bonds. The summed E-state index contributed by atoms with van der Waals surface area (Å²) in [4.78, 5) is 35.0. The largest absolute Gasteiger partial charge is 0.356 e. The molecule has 29 heavy (non-hydrogen) atoms. The SMILES string of the molecule is CC(C)CNC(=O)C1CCCN(c2nc3c(-c4ccccc4)csc3c(=O)[nH]2)C1. The number of hydrogen-bond acceptors (Lipinski definition) is 5. The molecule has 4 rings (SSSR count). The summed E-state index contributed by atoms with van der Waals surface area (Å²) in [6, 6.07) is 10.00. The Kier molecular flexibility index (Phi) is 5.67. The van der Waals surface area contributed by atoms with Gasteiger partial charge in [-0.3, -0.25) is 14.6 Å². The molecule has 1 atom stereocenters. The molecular weight excluding hydrogens is 384 g/mol. The highest BCUT2D eigenvalue weighted by Crippen LogP contribution is 2.32. The molecule has 0 radical (unpaired) electrons. The molecule has 7 heteroatoms. The maximum absolute atomic E-state index is 12.7. The molecular formula is C22H26N4O2S. The average molecular weight is 411 g/mol. The van der Waals surface area contributed by atoms with E-state index in [1.165, 1.54) is 11.3 Å². The second-order valence-corrected chi connectivity index (χ2v) is 8.89. The number of aromatic amines is 1. The van der Waals surface area contributed by atoms with E-state index < -0.39 is 0 Å². The lowest BCUT2D eigenvalue weighted by atomic mass is 9.97. The van der Waals surface area contributed by atoms with Crippen molar-refractivity contribution < 1.29 is 4.79 Å². The quantitative estimate of drug-likeness (QED) is 0.673. The third-order valence-corrected chi connectivity index (χ3v) is 6.24. The Balaban J connectivity index is 1.62. The zero-order chi connectivity index (χ0) is 20.4. The highest BCUT2D eigenvalue weighted by atomic mass is 32.1. The number of piperidine rings is 1. The zero-order valence-corrected chi connectivity index (χ0v) is 17.6. The monoisotopic (exact) mass is 410 g/mol. The Morgan fingerprint density at radius 1 is 1.34 bits per heavy atom. The molecule has 3 heterocycles. The molecule has 0 saturated carbocycles. The molecule has 2 aromatic heterocycles. The van der Waals surface area contributed by atoms with Crippen LogP contribution >= 0.6 is 11.3 Å². The summed E-state index contributed by atoms with van der Waals surface area (Å²) >= 11 is 1.42. The number of rotatable bonds is 5. The summed E-state index contributed by atoms with van der Waals surface area (Å²) in [5.41, 5.74) is 2.63. The van der Waals surface area contributed by atoms with E-state index in [1.54, 1.807) is 0 Å². The molecule has 1 saturated heterocycles. The van der Waals surface area contributed by atoms with Crippen molar-refractivity contribution in [2.24, 2.45) is 11.8 Å². The zero-order valence-electron chi connectivity index (χ0n) is 16.8. The van der Waals surface area contributed by atoms with Gasteiger partial charge in [-0.25, -0.2) is 4.98 Å². The lowest BCUT2D eigenvalue weighted by Gasteiger charge is -2.32. The first kappa shape index (κ1) is 19.6. The summed E-state index contributed by atoms with van der Waals surface area (Å²) in [6.45, 7) is 6.22. The fraction of sp³-hybridized carbons (Fsp3) is 0.409. The van der Waals surface area contributed by atoms with Gasteiger partial charge in [-0.2, -0.15) is 0 Å². The summed E-state index contributed by atoms with van der Waals surface area (Å²) in [7, 11) is 0. The van der Waals surface area contributed by atoms with Crippen LogP contribution in [-0.4, -0.2) is 35.5 Å². The topological polar surface area (TPSA) is 78.1 Å². The summed E-state index contributed by atoms with van der Waals surface area (Å²) in [6.07, 6.45) is 1.76. The van der Waals surface area contributed by atoms with Crippen molar-refractivity contribution >= 4 is 33.4 Å². The molecule has 3 aromatic rings. The van der Waals surface area contributed by atoms with Gasteiger partial charge in [0.2, 0.25) is 11.9 Å². The first-order valence-corrected chi connectivity index (χ1v) is 11.0. The highest BCUT2D eigenvalue weighted by Gasteiger charge is 2.27. The molecule has 6 nitrogen and oxygen atoms in total. The van der Waals surface area contributed by atoms with Gasteiger partial charge >= 0.3 is 0 Å². The molecule has 152 valence electrons. The van der Waals surface area contributed by atoms with Crippen molar-refractivity contribution in [3.8, 4) is 11.1 Å². The number of benzene rings is 1. The van der Waals surface area contributed by atoms with Crippen LogP contribution in [0.5, 0.6) is 0 Å². The van der Waals surface area contributed by atoms with Crippen molar-refractivity contribution in [1.82, 2.24) is 15.3 Å². The third-order valence-electron chi connectivity index (χ3n) is 5.28. The number of carbonyl (C=O) groups excluding carboxylic acids is 1. The summed E-state index contributed by atoms with van der Waals surface area (Å²) < 4.78 is 0.635. The van der Waals surface area contributed by atoms with Crippen LogP contribution in [0.15, 0.2) is 40.5 Å². The Morgan fingerprint density at radius 2 is 2.14 bits per heavy atom. The number of fused-ring (bicyclic) bond motifs is 1. The van der Waals surface area contributed by atoms with E-state index in [0.29, 0.717) is 29.7 Å². The minimum atomic E-state index is -0.122. The van der Waals surface area contributed by atoms with Crippen LogP contribution in [0.25, 0.3) is 21.3 Å². The molecule has 1 aliphatic heterocycles. The van der Waals surface area contributed by atoms with Crippen molar-refractivity contribution in [1.29, 1.82) is 0 Å². The lowest BCUT2D eigenvalue weighted by molar-refractivity contribution is -0.125. The van der Waals surface area contributed by atoms with Crippen LogP contribution in [0.3, 0.4) is 0 Å². The van der Waals surface area contributed by atoms with Crippen molar-refractivity contribution in [2.75, 3.05) is 24.5 Å². The number of anilines is 1. The lowest BCUT2D eigenvalue weighted by Crippen LogP contribution is -2.44. The van der Waals surface area contributed by atoms with Gasteiger partial charge in [0.15, 0.2) is 0 Å². The smallest absolute Gasteiger partial charge is 0.270 e. The number of nitrogens with zero attached hydrogens (tertiary/aromatic N) is 2. The van der Waals surface area contributed by atoms with Crippen LogP contribution in [0.4, 0.5) is 5.95 Å². The van der Waals surface area contributed by atoms with E-state index in [4.69, 9.17) is 4.98 Å². The van der Waals surface area contributed by atoms with Gasteiger partial charge in [-0.1, -0.05) is 44.2 Å². The molecule has 0 bridgehead atoms. The molecule has 1 aliphatic rings. The van der Waals surface area contributed by atoms with Gasteiger partial charge in [0, 0.05) is 30.6 Å². The predicted octanol–water partition coefficient (Wildman–Crippen LogP) is 3.64. The maximum atomic E-state index is 12.7. The minimum absolute atomic E-state index is 0.0837. The molecule has 1 unspecified atom stereocenters.